The van der Waals surface area contributed by atoms with Gasteiger partial charge in [-0.3, -0.25) is 4.99 Å². The summed E-state index contributed by atoms with van der Waals surface area (Å²) < 4.78 is 24.7. The number of aryl methyl sites for hydroxylation is 2. The maximum atomic E-state index is 11.6. The molecule has 0 spiro atoms. The Morgan fingerprint density at radius 2 is 2.00 bits per heavy atom. The lowest BCUT2D eigenvalue weighted by Gasteiger charge is -2.16. The highest BCUT2D eigenvalue weighted by molar-refractivity contribution is 14.0. The van der Waals surface area contributed by atoms with Crippen LogP contribution in [0.2, 0.25) is 0 Å². The van der Waals surface area contributed by atoms with Crippen LogP contribution in [0.1, 0.15) is 28.9 Å². The van der Waals surface area contributed by atoms with Gasteiger partial charge in [0.1, 0.15) is 0 Å². The number of hydrogen-bond acceptors (Lipinski definition) is 5. The van der Waals surface area contributed by atoms with Crippen LogP contribution in [0.4, 0.5) is 0 Å². The number of rotatable bonds is 8. The molecule has 1 rings (SSSR count). The Balaban J connectivity index is 0.00000529. The van der Waals surface area contributed by atoms with Crippen molar-refractivity contribution in [1.82, 2.24) is 19.9 Å². The van der Waals surface area contributed by atoms with Crippen molar-refractivity contribution in [3.63, 3.8) is 0 Å². The lowest BCUT2D eigenvalue weighted by molar-refractivity contribution is 0.461. The molecule has 0 fully saturated rings. The van der Waals surface area contributed by atoms with E-state index in [0.29, 0.717) is 25.6 Å². The number of nitrogens with one attached hydrogen (secondary N) is 2. The monoisotopic (exact) mass is 489 g/mol. The number of sulfonamides is 1. The summed E-state index contributed by atoms with van der Waals surface area (Å²) in [6, 6.07) is 0. The van der Waals surface area contributed by atoms with Gasteiger partial charge in [-0.2, -0.15) is 0 Å². The van der Waals surface area contributed by atoms with E-state index in [1.807, 2.05) is 13.8 Å². The molecule has 7 nitrogen and oxygen atoms in total. The standard InChI is InChI=1S/C14H27N5O2S2.HI/c1-6-23(20,21)19(5)9-7-8-16-14(15-4)17-10-13-11(2)18-12(3)22-13;/h6-10H2,1-5H3,(H2,15,16,17);1H. The number of thiazole rings is 1. The van der Waals surface area contributed by atoms with E-state index in [2.05, 4.69) is 20.6 Å². The Labute approximate surface area is 166 Å². The maximum absolute atomic E-state index is 11.6. The molecule has 0 aliphatic carbocycles. The fraction of sp³-hybridized carbons (Fsp3) is 0.714. The van der Waals surface area contributed by atoms with Crippen LogP contribution in [0.3, 0.4) is 0 Å². The fourth-order valence-corrected chi connectivity index (χ4v) is 3.71. The second-order valence-electron chi connectivity index (χ2n) is 5.17. The van der Waals surface area contributed by atoms with Gasteiger partial charge in [0.25, 0.3) is 0 Å². The van der Waals surface area contributed by atoms with Crippen LogP contribution in [-0.2, 0) is 16.6 Å². The van der Waals surface area contributed by atoms with Gasteiger partial charge in [0, 0.05) is 32.1 Å². The van der Waals surface area contributed by atoms with E-state index < -0.39 is 10.0 Å². The third kappa shape index (κ3) is 7.62. The Kier molecular flexibility index (Phi) is 11.0. The van der Waals surface area contributed by atoms with Gasteiger partial charge in [-0.15, -0.1) is 35.3 Å². The zero-order chi connectivity index (χ0) is 17.5. The first-order valence-electron chi connectivity index (χ1n) is 7.61. The highest BCUT2D eigenvalue weighted by Gasteiger charge is 2.14. The molecule has 0 unspecified atom stereocenters. The van der Waals surface area contributed by atoms with Gasteiger partial charge in [0.2, 0.25) is 10.0 Å². The smallest absolute Gasteiger partial charge is 0.213 e. The van der Waals surface area contributed by atoms with Crippen LogP contribution >= 0.6 is 35.3 Å². The highest BCUT2D eigenvalue weighted by Crippen LogP contribution is 2.16. The predicted molar refractivity (Wildman–Crippen MR) is 112 cm³/mol. The van der Waals surface area contributed by atoms with Crippen molar-refractivity contribution < 1.29 is 8.42 Å². The van der Waals surface area contributed by atoms with Gasteiger partial charge in [0.05, 0.1) is 23.0 Å². The molecule has 10 heteroatoms. The molecule has 1 heterocycles. The summed E-state index contributed by atoms with van der Waals surface area (Å²) in [4.78, 5) is 9.76. The average Bonchev–Trinajstić information content (AvgIpc) is 2.84. The Morgan fingerprint density at radius 3 is 2.50 bits per heavy atom. The number of aliphatic imine (C=N–C) groups is 1. The van der Waals surface area contributed by atoms with Crippen molar-refractivity contribution in [2.45, 2.75) is 33.7 Å². The minimum absolute atomic E-state index is 0. The molecule has 1 aromatic heterocycles. The van der Waals surface area contributed by atoms with Crippen molar-refractivity contribution in [3.8, 4) is 0 Å². The van der Waals surface area contributed by atoms with E-state index in [1.54, 1.807) is 32.4 Å². The minimum Gasteiger partial charge on any atom is -0.356 e. The molecule has 0 aromatic carbocycles. The molecule has 0 radical (unpaired) electrons. The highest BCUT2D eigenvalue weighted by atomic mass is 127. The van der Waals surface area contributed by atoms with Gasteiger partial charge >= 0.3 is 0 Å². The summed E-state index contributed by atoms with van der Waals surface area (Å²) in [5.41, 5.74) is 1.04. The molecule has 0 saturated heterocycles. The lowest BCUT2D eigenvalue weighted by Crippen LogP contribution is -2.38. The number of nitrogens with zero attached hydrogens (tertiary/aromatic N) is 3. The molecule has 0 atom stereocenters. The molecule has 1 aromatic rings. The van der Waals surface area contributed by atoms with E-state index in [4.69, 9.17) is 0 Å². The summed E-state index contributed by atoms with van der Waals surface area (Å²) >= 11 is 1.67. The second kappa shape index (κ2) is 11.2. The summed E-state index contributed by atoms with van der Waals surface area (Å²) in [7, 11) is 0.229. The first-order chi connectivity index (χ1) is 10.8. The Morgan fingerprint density at radius 1 is 1.33 bits per heavy atom. The van der Waals surface area contributed by atoms with E-state index >= 15 is 0 Å². The van der Waals surface area contributed by atoms with Crippen LogP contribution < -0.4 is 10.6 Å². The van der Waals surface area contributed by atoms with Crippen LogP contribution in [0.15, 0.2) is 4.99 Å². The largest absolute Gasteiger partial charge is 0.356 e. The Hall–Kier alpha value is -0.460. The predicted octanol–water partition coefficient (Wildman–Crippen LogP) is 1.71. The first-order valence-corrected chi connectivity index (χ1v) is 10.0. The Bertz CT molecular complexity index is 631. The topological polar surface area (TPSA) is 86.7 Å². The van der Waals surface area contributed by atoms with Crippen molar-refractivity contribution in [3.05, 3.63) is 15.6 Å². The summed E-state index contributed by atoms with van der Waals surface area (Å²) in [5.74, 6) is 0.838. The van der Waals surface area contributed by atoms with Gasteiger partial charge in [-0.1, -0.05) is 0 Å². The molecule has 0 aliphatic heterocycles. The van der Waals surface area contributed by atoms with E-state index in [-0.39, 0.29) is 29.7 Å². The molecular weight excluding hydrogens is 461 g/mol. The van der Waals surface area contributed by atoms with Gasteiger partial charge in [-0.25, -0.2) is 17.7 Å². The van der Waals surface area contributed by atoms with Crippen molar-refractivity contribution >= 4 is 51.3 Å². The minimum atomic E-state index is -3.10. The second-order valence-corrected chi connectivity index (χ2v) is 8.82. The molecule has 140 valence electrons. The average molecular weight is 489 g/mol. The molecule has 0 amide bonds. The van der Waals surface area contributed by atoms with Crippen LogP contribution in [0.5, 0.6) is 0 Å². The number of hydrogen-bond donors (Lipinski definition) is 2. The fourth-order valence-electron chi connectivity index (χ4n) is 1.99. The zero-order valence-electron chi connectivity index (χ0n) is 14.9. The third-order valence-electron chi connectivity index (χ3n) is 3.42. The van der Waals surface area contributed by atoms with E-state index in [1.165, 1.54) is 9.18 Å². The van der Waals surface area contributed by atoms with Gasteiger partial charge in [-0.05, 0) is 27.2 Å². The maximum Gasteiger partial charge on any atom is 0.213 e. The van der Waals surface area contributed by atoms with E-state index in [9.17, 15) is 8.42 Å². The van der Waals surface area contributed by atoms with Crippen LogP contribution in [-0.4, -0.2) is 56.6 Å². The number of guanidine groups is 1. The van der Waals surface area contributed by atoms with Gasteiger partial charge < -0.3 is 10.6 Å². The summed E-state index contributed by atoms with van der Waals surface area (Å²) in [6.07, 6.45) is 0.717. The quantitative estimate of drug-likeness (QED) is 0.251. The summed E-state index contributed by atoms with van der Waals surface area (Å²) in [6.45, 7) is 7.48. The first kappa shape index (κ1) is 23.5. The van der Waals surface area contributed by atoms with Crippen LogP contribution in [0, 0.1) is 13.8 Å². The molecule has 2 N–H and O–H groups in total. The molecule has 0 aliphatic rings. The lowest BCUT2D eigenvalue weighted by atomic mass is 10.4. The van der Waals surface area contributed by atoms with E-state index in [0.717, 1.165) is 17.1 Å². The molecule has 24 heavy (non-hydrogen) atoms. The molecule has 0 bridgehead atoms. The SMILES string of the molecule is CCS(=O)(=O)N(C)CCCNC(=NC)NCc1sc(C)nc1C.I. The van der Waals surface area contributed by atoms with Crippen LogP contribution in [0.25, 0.3) is 0 Å². The number of halogens is 1. The van der Waals surface area contributed by atoms with Crippen molar-refractivity contribution in [2.75, 3.05) is 32.9 Å². The summed E-state index contributed by atoms with van der Waals surface area (Å²) in [5, 5.41) is 7.50. The molecule has 0 saturated carbocycles. The molecular formula is C14H28IN5O2S2. The zero-order valence-corrected chi connectivity index (χ0v) is 18.9. The normalized spacial score (nSPS) is 12.2. The van der Waals surface area contributed by atoms with Gasteiger partial charge in [0.15, 0.2) is 5.96 Å². The van der Waals surface area contributed by atoms with Crippen molar-refractivity contribution in [1.29, 1.82) is 0 Å². The van der Waals surface area contributed by atoms with Crippen molar-refractivity contribution in [2.24, 2.45) is 4.99 Å². The number of aromatic nitrogens is 1. The third-order valence-corrected chi connectivity index (χ3v) is 6.36.